The molecular formula is C22H39N3O6. The van der Waals surface area contributed by atoms with Gasteiger partial charge in [0.1, 0.15) is 5.60 Å². The van der Waals surface area contributed by atoms with Crippen LogP contribution in [0.4, 0.5) is 4.79 Å². The summed E-state index contributed by atoms with van der Waals surface area (Å²) in [5, 5.41) is 14.6. The quantitative estimate of drug-likeness (QED) is 0.400. The maximum Gasteiger partial charge on any atom is 0.407 e. The number of carboxylic acids is 1. The van der Waals surface area contributed by atoms with E-state index in [4.69, 9.17) is 9.84 Å². The third kappa shape index (κ3) is 11.0. The lowest BCUT2D eigenvalue weighted by Crippen LogP contribution is -2.43. The van der Waals surface area contributed by atoms with Crippen molar-refractivity contribution in [3.05, 3.63) is 0 Å². The van der Waals surface area contributed by atoms with Gasteiger partial charge < -0.3 is 25.4 Å². The monoisotopic (exact) mass is 441 g/mol. The number of ether oxygens (including phenoxy) is 1. The average Bonchev–Trinajstić information content (AvgIpc) is 2.89. The average molecular weight is 442 g/mol. The van der Waals surface area contributed by atoms with Crippen molar-refractivity contribution in [3.63, 3.8) is 0 Å². The number of hydrogen-bond acceptors (Lipinski definition) is 5. The molecule has 0 aliphatic carbocycles. The number of amides is 3. The second kappa shape index (κ2) is 12.5. The Labute approximate surface area is 185 Å². The molecule has 1 heterocycles. The number of carbonyl (C=O) groups is 4. The van der Waals surface area contributed by atoms with Gasteiger partial charge in [-0.2, -0.15) is 0 Å². The second-order valence-corrected chi connectivity index (χ2v) is 9.61. The summed E-state index contributed by atoms with van der Waals surface area (Å²) in [5.41, 5.74) is -0.523. The zero-order chi connectivity index (χ0) is 23.6. The topological polar surface area (TPSA) is 125 Å². The summed E-state index contributed by atoms with van der Waals surface area (Å²) in [6.45, 7) is 10.8. The number of nitrogens with one attached hydrogen (secondary N) is 2. The Morgan fingerprint density at radius 3 is 2.42 bits per heavy atom. The van der Waals surface area contributed by atoms with E-state index in [0.717, 1.165) is 12.8 Å². The van der Waals surface area contributed by atoms with Crippen LogP contribution in [0.15, 0.2) is 0 Å². The summed E-state index contributed by atoms with van der Waals surface area (Å²) in [4.78, 5) is 49.0. The van der Waals surface area contributed by atoms with Gasteiger partial charge in [-0.25, -0.2) is 4.79 Å². The van der Waals surface area contributed by atoms with Gasteiger partial charge in [0, 0.05) is 32.1 Å². The Morgan fingerprint density at radius 2 is 1.84 bits per heavy atom. The molecule has 1 saturated heterocycles. The first kappa shape index (κ1) is 26.7. The van der Waals surface area contributed by atoms with E-state index in [0.29, 0.717) is 38.9 Å². The van der Waals surface area contributed by atoms with Gasteiger partial charge >= 0.3 is 12.1 Å². The van der Waals surface area contributed by atoms with Crippen molar-refractivity contribution in [2.75, 3.05) is 19.6 Å². The molecule has 3 amide bonds. The number of unbranched alkanes of at least 4 members (excludes halogenated alkanes) is 2. The number of carboxylic acid groups (broad SMARTS) is 1. The molecule has 9 heteroatoms. The Bertz CT molecular complexity index is 629. The molecule has 0 aromatic carbocycles. The highest BCUT2D eigenvalue weighted by atomic mass is 16.6. The van der Waals surface area contributed by atoms with E-state index in [1.54, 1.807) is 25.7 Å². The van der Waals surface area contributed by atoms with E-state index < -0.39 is 23.6 Å². The number of hydrogen-bond donors (Lipinski definition) is 3. The standard InChI is InChI=1S/C22H39N3O6/c1-15(2)14-25-17(11-16(20(25)29)12-19(27)28)13-24-18(26)9-7-6-8-10-23-21(30)31-22(3,4)5/h15-17H,6-14H2,1-5H3,(H,23,30)(H,24,26)(H,27,28)/t16-,17-/m0/s1. The molecule has 9 nitrogen and oxygen atoms in total. The minimum absolute atomic E-state index is 0.0845. The van der Waals surface area contributed by atoms with Crippen LogP contribution in [-0.4, -0.2) is 65.2 Å². The highest BCUT2D eigenvalue weighted by molar-refractivity contribution is 5.85. The molecule has 1 fully saturated rings. The van der Waals surface area contributed by atoms with Gasteiger partial charge in [0.2, 0.25) is 11.8 Å². The fourth-order valence-corrected chi connectivity index (χ4v) is 3.59. The molecule has 3 N–H and O–H groups in total. The zero-order valence-electron chi connectivity index (χ0n) is 19.5. The number of aliphatic carboxylic acids is 1. The normalized spacial score (nSPS) is 18.9. The molecule has 0 aromatic rings. The largest absolute Gasteiger partial charge is 0.481 e. The Kier molecular flexibility index (Phi) is 10.8. The summed E-state index contributed by atoms with van der Waals surface area (Å²) in [6.07, 6.45) is 2.46. The molecule has 0 unspecified atom stereocenters. The van der Waals surface area contributed by atoms with Crippen LogP contribution in [0.2, 0.25) is 0 Å². The number of carbonyl (C=O) groups excluding carboxylic acids is 3. The molecule has 31 heavy (non-hydrogen) atoms. The summed E-state index contributed by atoms with van der Waals surface area (Å²) in [6, 6.07) is -0.166. The third-order valence-corrected chi connectivity index (χ3v) is 4.90. The highest BCUT2D eigenvalue weighted by Gasteiger charge is 2.40. The van der Waals surface area contributed by atoms with Crippen molar-refractivity contribution < 1.29 is 29.0 Å². The van der Waals surface area contributed by atoms with E-state index >= 15 is 0 Å². The van der Waals surface area contributed by atoms with Gasteiger partial charge in [-0.05, 0) is 46.0 Å². The van der Waals surface area contributed by atoms with Crippen LogP contribution < -0.4 is 10.6 Å². The molecule has 1 aliphatic heterocycles. The van der Waals surface area contributed by atoms with Gasteiger partial charge in [0.15, 0.2) is 0 Å². The number of alkyl carbamates (subject to hydrolysis) is 1. The fraction of sp³-hybridized carbons (Fsp3) is 0.818. The smallest absolute Gasteiger partial charge is 0.407 e. The minimum atomic E-state index is -0.978. The fourth-order valence-electron chi connectivity index (χ4n) is 3.59. The van der Waals surface area contributed by atoms with Crippen LogP contribution in [0.1, 0.15) is 73.1 Å². The van der Waals surface area contributed by atoms with E-state index in [2.05, 4.69) is 10.6 Å². The highest BCUT2D eigenvalue weighted by Crippen LogP contribution is 2.28. The van der Waals surface area contributed by atoms with E-state index in [1.165, 1.54) is 0 Å². The lowest BCUT2D eigenvalue weighted by Gasteiger charge is -2.26. The summed E-state index contributed by atoms with van der Waals surface area (Å²) < 4.78 is 5.16. The number of rotatable bonds is 12. The lowest BCUT2D eigenvalue weighted by atomic mass is 10.0. The molecular weight excluding hydrogens is 402 g/mol. The molecule has 0 bridgehead atoms. The predicted molar refractivity (Wildman–Crippen MR) is 116 cm³/mol. The summed E-state index contributed by atoms with van der Waals surface area (Å²) >= 11 is 0. The first-order valence-electron chi connectivity index (χ1n) is 11.1. The maximum atomic E-state index is 12.5. The van der Waals surface area contributed by atoms with Crippen molar-refractivity contribution >= 4 is 23.9 Å². The molecule has 0 radical (unpaired) electrons. The van der Waals surface area contributed by atoms with E-state index in [1.807, 2.05) is 13.8 Å². The first-order chi connectivity index (χ1) is 14.4. The lowest BCUT2D eigenvalue weighted by molar-refractivity contribution is -0.142. The van der Waals surface area contributed by atoms with Crippen LogP contribution in [0.5, 0.6) is 0 Å². The van der Waals surface area contributed by atoms with Gasteiger partial charge in [-0.1, -0.05) is 20.3 Å². The second-order valence-electron chi connectivity index (χ2n) is 9.61. The van der Waals surface area contributed by atoms with Crippen molar-refractivity contribution in [2.24, 2.45) is 11.8 Å². The van der Waals surface area contributed by atoms with E-state index in [9.17, 15) is 19.2 Å². The SMILES string of the molecule is CC(C)CN1C(=O)[C@H](CC(=O)O)C[C@H]1CNC(=O)CCCCCNC(=O)OC(C)(C)C. The first-order valence-corrected chi connectivity index (χ1v) is 11.1. The Morgan fingerprint density at radius 1 is 1.16 bits per heavy atom. The van der Waals surface area contributed by atoms with Gasteiger partial charge in [-0.3, -0.25) is 14.4 Å². The molecule has 0 spiro atoms. The molecule has 0 saturated carbocycles. The van der Waals surface area contributed by atoms with Crippen LogP contribution in [0.25, 0.3) is 0 Å². The Balaban J connectivity index is 2.30. The maximum absolute atomic E-state index is 12.5. The number of likely N-dealkylation sites (tertiary alicyclic amines) is 1. The van der Waals surface area contributed by atoms with Crippen molar-refractivity contribution in [1.82, 2.24) is 15.5 Å². The molecule has 178 valence electrons. The van der Waals surface area contributed by atoms with Crippen molar-refractivity contribution in [3.8, 4) is 0 Å². The third-order valence-electron chi connectivity index (χ3n) is 4.90. The van der Waals surface area contributed by atoms with Gasteiger partial charge in [0.25, 0.3) is 0 Å². The van der Waals surface area contributed by atoms with Gasteiger partial charge in [0.05, 0.1) is 12.3 Å². The van der Waals surface area contributed by atoms with Crippen molar-refractivity contribution in [2.45, 2.75) is 84.8 Å². The number of nitrogens with zero attached hydrogens (tertiary/aromatic N) is 1. The Hall–Kier alpha value is -2.32. The summed E-state index contributed by atoms with van der Waals surface area (Å²) in [7, 11) is 0. The van der Waals surface area contributed by atoms with Crippen LogP contribution >= 0.6 is 0 Å². The van der Waals surface area contributed by atoms with Crippen molar-refractivity contribution in [1.29, 1.82) is 0 Å². The molecule has 2 atom stereocenters. The molecule has 1 rings (SSSR count). The van der Waals surface area contributed by atoms with Crippen LogP contribution in [0.3, 0.4) is 0 Å². The van der Waals surface area contributed by atoms with Crippen LogP contribution in [-0.2, 0) is 19.1 Å². The molecule has 0 aromatic heterocycles. The molecule has 1 aliphatic rings. The van der Waals surface area contributed by atoms with Gasteiger partial charge in [-0.15, -0.1) is 0 Å². The minimum Gasteiger partial charge on any atom is -0.481 e. The van der Waals surface area contributed by atoms with Crippen LogP contribution in [0, 0.1) is 11.8 Å². The summed E-state index contributed by atoms with van der Waals surface area (Å²) in [5.74, 6) is -1.45. The predicted octanol–water partition coefficient (Wildman–Crippen LogP) is 2.54. The van der Waals surface area contributed by atoms with E-state index in [-0.39, 0.29) is 30.2 Å². The zero-order valence-corrected chi connectivity index (χ0v) is 19.5.